The Balaban J connectivity index is 2.37. The van der Waals surface area contributed by atoms with Gasteiger partial charge in [-0.15, -0.1) is 0 Å². The summed E-state index contributed by atoms with van der Waals surface area (Å²) < 4.78 is 2.24. The summed E-state index contributed by atoms with van der Waals surface area (Å²) in [6.07, 6.45) is 0. The summed E-state index contributed by atoms with van der Waals surface area (Å²) in [5.74, 6) is 0. The fraction of sp³-hybridized carbons (Fsp3) is 0.0714. The second kappa shape index (κ2) is 4.18. The van der Waals surface area contributed by atoms with Crippen LogP contribution in [0.4, 0.5) is 0 Å². The maximum absolute atomic E-state index is 4.82. The van der Waals surface area contributed by atoms with Crippen LogP contribution in [-0.2, 0) is 6.67 Å². The van der Waals surface area contributed by atoms with Gasteiger partial charge in [0.15, 0.2) is 0 Å². The first-order chi connectivity index (χ1) is 8.42. The number of benzene rings is 2. The molecule has 0 atom stereocenters. The third-order valence-electron chi connectivity index (χ3n) is 3.01. The van der Waals surface area contributed by atoms with E-state index in [0.717, 1.165) is 0 Å². The van der Waals surface area contributed by atoms with Gasteiger partial charge in [-0.3, -0.25) is 0 Å². The monoisotopic (exact) mass is 240 g/mol. The zero-order chi connectivity index (χ0) is 11.7. The predicted molar refractivity (Wildman–Crippen MR) is 76.2 cm³/mol. The van der Waals surface area contributed by atoms with Crippen molar-refractivity contribution in [1.82, 2.24) is 9.88 Å². The van der Waals surface area contributed by atoms with Crippen LogP contribution in [0.15, 0.2) is 48.5 Å². The lowest BCUT2D eigenvalue weighted by Gasteiger charge is -2.06. The van der Waals surface area contributed by atoms with Gasteiger partial charge < -0.3 is 9.88 Å². The van der Waals surface area contributed by atoms with Crippen LogP contribution in [0.3, 0.4) is 0 Å². The number of rotatable bonds is 3. The van der Waals surface area contributed by atoms with Gasteiger partial charge in [0.1, 0.15) is 0 Å². The lowest BCUT2D eigenvalue weighted by molar-refractivity contribution is 0.722. The van der Waals surface area contributed by atoms with Crippen LogP contribution in [0.1, 0.15) is 0 Å². The summed E-state index contributed by atoms with van der Waals surface area (Å²) >= 11 is 4.82. The van der Waals surface area contributed by atoms with Gasteiger partial charge in [-0.25, -0.2) is 0 Å². The van der Waals surface area contributed by atoms with Gasteiger partial charge in [-0.2, -0.15) is 0 Å². The molecule has 3 heteroatoms. The van der Waals surface area contributed by atoms with Crippen molar-refractivity contribution in [2.75, 3.05) is 0 Å². The summed E-state index contributed by atoms with van der Waals surface area (Å²) in [4.78, 5) is 0. The Hall–Kier alpha value is -1.87. The fourth-order valence-electron chi connectivity index (χ4n) is 2.30. The van der Waals surface area contributed by atoms with Crippen molar-refractivity contribution in [2.24, 2.45) is 0 Å². The average Bonchev–Trinajstić information content (AvgIpc) is 2.71. The maximum Gasteiger partial charge on any atom is 0.0927 e. The molecule has 0 saturated heterocycles. The number of fused-ring (bicyclic) bond motifs is 3. The lowest BCUT2D eigenvalue weighted by Crippen LogP contribution is -2.14. The van der Waals surface area contributed by atoms with E-state index in [1.54, 1.807) is 5.49 Å². The van der Waals surface area contributed by atoms with Gasteiger partial charge in [0.05, 0.1) is 23.2 Å². The van der Waals surface area contributed by atoms with Crippen LogP contribution in [0.5, 0.6) is 0 Å². The van der Waals surface area contributed by atoms with E-state index in [9.17, 15) is 0 Å². The van der Waals surface area contributed by atoms with Crippen LogP contribution in [0, 0.1) is 0 Å². The van der Waals surface area contributed by atoms with E-state index < -0.39 is 0 Å². The van der Waals surface area contributed by atoms with Crippen LogP contribution >= 0.6 is 12.2 Å². The molecule has 1 aromatic heterocycles. The van der Waals surface area contributed by atoms with E-state index >= 15 is 0 Å². The van der Waals surface area contributed by atoms with Gasteiger partial charge in [-0.1, -0.05) is 48.6 Å². The van der Waals surface area contributed by atoms with E-state index in [1.807, 2.05) is 0 Å². The number of hydrogen-bond acceptors (Lipinski definition) is 1. The van der Waals surface area contributed by atoms with Crippen LogP contribution in [0.2, 0.25) is 0 Å². The SMILES string of the molecule is S=CNCn1c2ccccc2c2ccccc21. The normalized spacial score (nSPS) is 10.8. The van der Waals surface area contributed by atoms with Crippen LogP contribution in [0.25, 0.3) is 21.8 Å². The molecule has 17 heavy (non-hydrogen) atoms. The van der Waals surface area contributed by atoms with Crippen molar-refractivity contribution >= 4 is 39.5 Å². The Morgan fingerprint density at radius 2 is 1.47 bits per heavy atom. The van der Waals surface area contributed by atoms with Crippen molar-refractivity contribution in [1.29, 1.82) is 0 Å². The quantitative estimate of drug-likeness (QED) is 0.707. The highest BCUT2D eigenvalue weighted by Crippen LogP contribution is 2.27. The molecule has 0 unspecified atom stereocenters. The minimum Gasteiger partial charge on any atom is -0.365 e. The topological polar surface area (TPSA) is 17.0 Å². The summed E-state index contributed by atoms with van der Waals surface area (Å²) in [5.41, 5.74) is 4.03. The van der Waals surface area contributed by atoms with Gasteiger partial charge in [0.25, 0.3) is 0 Å². The van der Waals surface area contributed by atoms with E-state index in [0.29, 0.717) is 6.67 Å². The molecule has 1 N–H and O–H groups in total. The Bertz CT molecular complexity index is 632. The summed E-state index contributed by atoms with van der Waals surface area (Å²) in [6.45, 7) is 0.706. The van der Waals surface area contributed by atoms with Gasteiger partial charge >= 0.3 is 0 Å². The molecule has 3 aromatic rings. The largest absolute Gasteiger partial charge is 0.365 e. The first kappa shape index (κ1) is 10.3. The summed E-state index contributed by atoms with van der Waals surface area (Å²) in [5, 5.41) is 5.66. The Morgan fingerprint density at radius 3 is 2.00 bits per heavy atom. The van der Waals surface area contributed by atoms with E-state index in [-0.39, 0.29) is 0 Å². The number of aromatic nitrogens is 1. The highest BCUT2D eigenvalue weighted by molar-refractivity contribution is 7.78. The zero-order valence-corrected chi connectivity index (χ0v) is 10.1. The molecule has 2 aromatic carbocycles. The van der Waals surface area contributed by atoms with Gasteiger partial charge in [0.2, 0.25) is 0 Å². The number of nitrogens with zero attached hydrogens (tertiary/aromatic N) is 1. The first-order valence-corrected chi connectivity index (χ1v) is 6.02. The van der Waals surface area contributed by atoms with E-state index in [1.165, 1.54) is 21.8 Å². The second-order valence-corrected chi connectivity index (χ2v) is 4.18. The molecule has 0 aliphatic heterocycles. The lowest BCUT2D eigenvalue weighted by atomic mass is 10.2. The Kier molecular flexibility index (Phi) is 2.53. The summed E-state index contributed by atoms with van der Waals surface area (Å²) in [7, 11) is 0. The first-order valence-electron chi connectivity index (χ1n) is 5.55. The maximum atomic E-state index is 4.82. The summed E-state index contributed by atoms with van der Waals surface area (Å²) in [6, 6.07) is 16.9. The number of hydrogen-bond donors (Lipinski definition) is 1. The highest BCUT2D eigenvalue weighted by atomic mass is 32.1. The second-order valence-electron chi connectivity index (χ2n) is 3.94. The molecule has 0 aliphatic rings. The molecule has 0 fully saturated rings. The number of thiocarbonyl (C=S) groups is 1. The minimum atomic E-state index is 0.706. The average molecular weight is 240 g/mol. The number of para-hydroxylation sites is 2. The smallest absolute Gasteiger partial charge is 0.0927 e. The third-order valence-corrected chi connectivity index (χ3v) is 3.18. The van der Waals surface area contributed by atoms with Crippen molar-refractivity contribution in [3.8, 4) is 0 Å². The minimum absolute atomic E-state index is 0.706. The standard InChI is InChI=1S/C14H12N2S/c17-10-15-9-16-13-7-3-1-5-11(13)12-6-2-4-8-14(12)16/h1-8,10H,9H2,(H,15,17). The molecular formula is C14H12N2S. The van der Waals surface area contributed by atoms with Crippen molar-refractivity contribution in [3.05, 3.63) is 48.5 Å². The third kappa shape index (κ3) is 1.59. The molecule has 0 amide bonds. The molecule has 0 radical (unpaired) electrons. The van der Waals surface area contributed by atoms with Crippen LogP contribution < -0.4 is 5.32 Å². The van der Waals surface area contributed by atoms with Crippen molar-refractivity contribution in [3.63, 3.8) is 0 Å². The van der Waals surface area contributed by atoms with E-state index in [2.05, 4.69) is 58.4 Å². The Labute approximate surface area is 105 Å². The molecule has 2 nitrogen and oxygen atoms in total. The Morgan fingerprint density at radius 1 is 0.941 bits per heavy atom. The zero-order valence-electron chi connectivity index (χ0n) is 9.26. The van der Waals surface area contributed by atoms with E-state index in [4.69, 9.17) is 12.2 Å². The molecule has 84 valence electrons. The van der Waals surface area contributed by atoms with Crippen molar-refractivity contribution < 1.29 is 0 Å². The van der Waals surface area contributed by atoms with Crippen molar-refractivity contribution in [2.45, 2.75) is 6.67 Å². The molecule has 0 saturated carbocycles. The predicted octanol–water partition coefficient (Wildman–Crippen LogP) is 3.30. The van der Waals surface area contributed by atoms with Crippen LogP contribution in [-0.4, -0.2) is 10.1 Å². The van der Waals surface area contributed by atoms with Gasteiger partial charge in [-0.05, 0) is 12.1 Å². The highest BCUT2D eigenvalue weighted by Gasteiger charge is 2.07. The molecule has 1 heterocycles. The number of nitrogens with one attached hydrogen (secondary N) is 1. The molecule has 3 rings (SSSR count). The molecule has 0 bridgehead atoms. The fourth-order valence-corrected chi connectivity index (χ4v) is 2.38. The molecule has 0 spiro atoms. The molecular weight excluding hydrogens is 228 g/mol. The van der Waals surface area contributed by atoms with Gasteiger partial charge in [0, 0.05) is 10.8 Å². The molecule has 0 aliphatic carbocycles.